The highest BCUT2D eigenvalue weighted by atomic mass is 16.5. The average Bonchev–Trinajstić information content (AvgIpc) is 2.66. The lowest BCUT2D eigenvalue weighted by molar-refractivity contribution is 0.282. The maximum atomic E-state index is 13.2. The number of aliphatic hydroxyl groups excluding tert-OH is 1. The van der Waals surface area contributed by atoms with Crippen LogP contribution >= 0.6 is 0 Å². The Morgan fingerprint density at radius 1 is 1.04 bits per heavy atom. The van der Waals surface area contributed by atoms with Crippen molar-refractivity contribution in [2.75, 3.05) is 14.2 Å². The summed E-state index contributed by atoms with van der Waals surface area (Å²) in [5.74, 6) is 1.11. The van der Waals surface area contributed by atoms with E-state index in [2.05, 4.69) is 6.92 Å². The number of para-hydroxylation sites is 1. The number of unbranched alkanes of at least 4 members (excludes halogenated alkanes) is 1. The minimum Gasteiger partial charge on any atom is -0.493 e. The Bertz CT molecular complexity index is 975. The van der Waals surface area contributed by atoms with Gasteiger partial charge in [-0.1, -0.05) is 31.5 Å². The number of pyridine rings is 1. The van der Waals surface area contributed by atoms with Crippen molar-refractivity contribution in [3.05, 3.63) is 46.2 Å². The van der Waals surface area contributed by atoms with Crippen LogP contribution in [0.15, 0.2) is 35.1 Å². The van der Waals surface area contributed by atoms with E-state index in [1.54, 1.807) is 24.9 Å². The summed E-state index contributed by atoms with van der Waals surface area (Å²) >= 11 is 0. The lowest BCUT2D eigenvalue weighted by Gasteiger charge is -2.17. The van der Waals surface area contributed by atoms with Crippen molar-refractivity contribution in [1.29, 1.82) is 0 Å². The van der Waals surface area contributed by atoms with Crippen molar-refractivity contribution in [2.45, 2.75) is 32.9 Å². The SMILES string of the molecule is CCCCn1c(=O)c2cc(OC)c(OC)cc2c2cccc(CO)c21. The standard InChI is InChI=1S/C20H23NO4/c1-4-5-9-21-19-13(12-22)7-6-8-14(19)15-10-17(24-2)18(25-3)11-16(15)20(21)23/h6-8,10-11,22H,4-5,9,12H2,1-3H3. The highest BCUT2D eigenvalue weighted by Crippen LogP contribution is 2.35. The van der Waals surface area contributed by atoms with Crippen LogP contribution < -0.4 is 15.0 Å². The number of fused-ring (bicyclic) bond motifs is 3. The maximum absolute atomic E-state index is 13.2. The van der Waals surface area contributed by atoms with Gasteiger partial charge in [0.2, 0.25) is 0 Å². The quantitative estimate of drug-likeness (QED) is 0.698. The van der Waals surface area contributed by atoms with Crippen LogP contribution in [0, 0.1) is 0 Å². The van der Waals surface area contributed by atoms with Crippen LogP contribution in [0.2, 0.25) is 0 Å². The van der Waals surface area contributed by atoms with E-state index >= 15 is 0 Å². The predicted octanol–water partition coefficient (Wildman–Crippen LogP) is 3.46. The molecule has 3 aromatic rings. The van der Waals surface area contributed by atoms with Gasteiger partial charge >= 0.3 is 0 Å². The molecule has 0 amide bonds. The smallest absolute Gasteiger partial charge is 0.259 e. The van der Waals surface area contributed by atoms with Crippen LogP contribution in [0.25, 0.3) is 21.7 Å². The Kier molecular flexibility index (Phi) is 4.95. The third-order valence-corrected chi connectivity index (χ3v) is 4.58. The number of hydrogen-bond donors (Lipinski definition) is 1. The first-order valence-electron chi connectivity index (χ1n) is 8.47. The second-order valence-corrected chi connectivity index (χ2v) is 6.03. The fourth-order valence-electron chi connectivity index (χ4n) is 3.31. The van der Waals surface area contributed by atoms with Gasteiger partial charge in [0.25, 0.3) is 5.56 Å². The van der Waals surface area contributed by atoms with Gasteiger partial charge in [-0.2, -0.15) is 0 Å². The number of benzene rings is 2. The zero-order valence-corrected chi connectivity index (χ0v) is 14.8. The lowest BCUT2D eigenvalue weighted by atomic mass is 10.0. The molecule has 0 fully saturated rings. The molecule has 1 heterocycles. The number of nitrogens with zero attached hydrogens (tertiary/aromatic N) is 1. The van der Waals surface area contributed by atoms with Gasteiger partial charge in [0.15, 0.2) is 11.5 Å². The molecular weight excluding hydrogens is 318 g/mol. The molecule has 0 aliphatic heterocycles. The number of hydrogen-bond acceptors (Lipinski definition) is 4. The van der Waals surface area contributed by atoms with Crippen LogP contribution in [-0.2, 0) is 13.2 Å². The van der Waals surface area contributed by atoms with E-state index in [1.807, 2.05) is 24.3 Å². The topological polar surface area (TPSA) is 60.7 Å². The molecule has 0 atom stereocenters. The highest BCUT2D eigenvalue weighted by Gasteiger charge is 2.16. The van der Waals surface area contributed by atoms with Gasteiger partial charge in [-0.05, 0) is 18.6 Å². The van der Waals surface area contributed by atoms with E-state index in [4.69, 9.17) is 9.47 Å². The molecule has 0 saturated carbocycles. The number of rotatable bonds is 6. The second-order valence-electron chi connectivity index (χ2n) is 6.03. The largest absolute Gasteiger partial charge is 0.493 e. The lowest BCUT2D eigenvalue weighted by Crippen LogP contribution is -2.22. The molecule has 2 aromatic carbocycles. The fourth-order valence-corrected chi connectivity index (χ4v) is 3.31. The van der Waals surface area contributed by atoms with Crippen LogP contribution in [-0.4, -0.2) is 23.9 Å². The van der Waals surface area contributed by atoms with Crippen molar-refractivity contribution >= 4 is 21.7 Å². The van der Waals surface area contributed by atoms with Crippen molar-refractivity contribution in [2.24, 2.45) is 0 Å². The molecule has 0 radical (unpaired) electrons. The van der Waals surface area contributed by atoms with E-state index in [0.717, 1.165) is 34.7 Å². The first-order valence-corrected chi connectivity index (χ1v) is 8.47. The van der Waals surface area contributed by atoms with Crippen LogP contribution in [0.1, 0.15) is 25.3 Å². The third-order valence-electron chi connectivity index (χ3n) is 4.58. The number of methoxy groups -OCH3 is 2. The van der Waals surface area contributed by atoms with E-state index in [9.17, 15) is 9.90 Å². The molecule has 1 N–H and O–H groups in total. The maximum Gasteiger partial charge on any atom is 0.259 e. The molecule has 25 heavy (non-hydrogen) atoms. The molecule has 1 aromatic heterocycles. The number of ether oxygens (including phenoxy) is 2. The minimum atomic E-state index is -0.109. The molecule has 5 nitrogen and oxygen atoms in total. The van der Waals surface area contributed by atoms with E-state index in [-0.39, 0.29) is 12.2 Å². The Labute approximate surface area is 146 Å². The van der Waals surface area contributed by atoms with Crippen molar-refractivity contribution in [3.63, 3.8) is 0 Å². The monoisotopic (exact) mass is 341 g/mol. The predicted molar refractivity (Wildman–Crippen MR) is 99.6 cm³/mol. The summed E-state index contributed by atoms with van der Waals surface area (Å²) in [5, 5.41) is 12.1. The highest BCUT2D eigenvalue weighted by molar-refractivity contribution is 6.07. The van der Waals surface area contributed by atoms with Crippen LogP contribution in [0.4, 0.5) is 0 Å². The Morgan fingerprint density at radius 3 is 2.32 bits per heavy atom. The van der Waals surface area contributed by atoms with Crippen LogP contribution in [0.3, 0.4) is 0 Å². The molecule has 3 rings (SSSR count). The third kappa shape index (κ3) is 2.85. The first kappa shape index (κ1) is 17.3. The summed E-state index contributed by atoms with van der Waals surface area (Å²) < 4.78 is 12.5. The van der Waals surface area contributed by atoms with Gasteiger partial charge in [-0.15, -0.1) is 0 Å². The molecule has 0 bridgehead atoms. The summed E-state index contributed by atoms with van der Waals surface area (Å²) in [6.07, 6.45) is 1.88. The molecule has 0 unspecified atom stereocenters. The van der Waals surface area contributed by atoms with E-state index in [0.29, 0.717) is 23.4 Å². The van der Waals surface area contributed by atoms with Gasteiger partial charge in [0.1, 0.15) is 0 Å². The zero-order valence-electron chi connectivity index (χ0n) is 14.8. The number of aryl methyl sites for hydroxylation is 1. The first-order chi connectivity index (χ1) is 12.2. The molecule has 0 spiro atoms. The summed E-state index contributed by atoms with van der Waals surface area (Å²) in [6.45, 7) is 2.60. The van der Waals surface area contributed by atoms with E-state index < -0.39 is 0 Å². The zero-order chi connectivity index (χ0) is 18.0. The van der Waals surface area contributed by atoms with Gasteiger partial charge in [-0.25, -0.2) is 0 Å². The summed E-state index contributed by atoms with van der Waals surface area (Å²) in [6, 6.07) is 9.31. The van der Waals surface area contributed by atoms with Crippen molar-refractivity contribution < 1.29 is 14.6 Å². The molecule has 132 valence electrons. The molecule has 5 heteroatoms. The minimum absolute atomic E-state index is 0.0715. The molecule has 0 aliphatic rings. The van der Waals surface area contributed by atoms with Crippen molar-refractivity contribution in [3.8, 4) is 11.5 Å². The summed E-state index contributed by atoms with van der Waals surface area (Å²) in [5.41, 5.74) is 1.48. The Balaban J connectivity index is 2.50. The Hall–Kier alpha value is -2.53. The molecular formula is C20H23NO4. The van der Waals surface area contributed by atoms with Gasteiger partial charge in [0.05, 0.1) is 31.7 Å². The van der Waals surface area contributed by atoms with Crippen molar-refractivity contribution in [1.82, 2.24) is 4.57 Å². The fraction of sp³-hybridized carbons (Fsp3) is 0.350. The van der Waals surface area contributed by atoms with Gasteiger partial charge in [0, 0.05) is 22.9 Å². The van der Waals surface area contributed by atoms with Gasteiger partial charge in [-0.3, -0.25) is 4.79 Å². The van der Waals surface area contributed by atoms with Crippen LogP contribution in [0.5, 0.6) is 11.5 Å². The number of aromatic nitrogens is 1. The molecule has 0 saturated heterocycles. The average molecular weight is 341 g/mol. The summed E-state index contributed by atoms with van der Waals surface area (Å²) in [4.78, 5) is 13.2. The molecule has 0 aliphatic carbocycles. The number of aliphatic hydroxyl groups is 1. The second kappa shape index (κ2) is 7.15. The normalized spacial score (nSPS) is 11.2. The van der Waals surface area contributed by atoms with Gasteiger partial charge < -0.3 is 19.1 Å². The van der Waals surface area contributed by atoms with E-state index in [1.165, 1.54) is 0 Å². The Morgan fingerprint density at radius 2 is 1.72 bits per heavy atom. The summed E-state index contributed by atoms with van der Waals surface area (Å²) in [7, 11) is 3.14.